The number of fused-ring (bicyclic) bond motifs is 1. The Morgan fingerprint density at radius 1 is 1.30 bits per heavy atom. The van der Waals surface area contributed by atoms with Crippen molar-refractivity contribution in [2.45, 2.75) is 10.8 Å². The van der Waals surface area contributed by atoms with Gasteiger partial charge in [-0.3, -0.25) is 0 Å². The van der Waals surface area contributed by atoms with Crippen molar-refractivity contribution in [3.8, 4) is 11.8 Å². The van der Waals surface area contributed by atoms with Crippen molar-refractivity contribution in [2.75, 3.05) is 18.1 Å². The highest BCUT2D eigenvalue weighted by Gasteiger charge is 2.23. The van der Waals surface area contributed by atoms with Crippen LogP contribution in [0, 0.1) is 11.3 Å². The van der Waals surface area contributed by atoms with Crippen molar-refractivity contribution in [1.29, 1.82) is 5.26 Å². The third-order valence-electron chi connectivity index (χ3n) is 3.36. The average molecular weight is 282 g/mol. The van der Waals surface area contributed by atoms with Crippen molar-refractivity contribution < 1.29 is 4.74 Å². The Labute approximate surface area is 122 Å². The molecule has 0 bridgehead atoms. The summed E-state index contributed by atoms with van der Waals surface area (Å²) < 4.78 is 5.83. The van der Waals surface area contributed by atoms with Gasteiger partial charge in [0.25, 0.3) is 0 Å². The summed E-state index contributed by atoms with van der Waals surface area (Å²) in [5.74, 6) is 2.01. The third kappa shape index (κ3) is 2.45. The minimum atomic E-state index is 0.375. The summed E-state index contributed by atoms with van der Waals surface area (Å²) in [6, 6.07) is 15.7. The molecule has 3 nitrogen and oxygen atoms in total. The maximum absolute atomic E-state index is 9.10. The van der Waals surface area contributed by atoms with Gasteiger partial charge in [-0.05, 0) is 29.8 Å². The lowest BCUT2D eigenvalue weighted by Gasteiger charge is -2.13. The van der Waals surface area contributed by atoms with Gasteiger partial charge >= 0.3 is 0 Å². The third-order valence-corrected chi connectivity index (χ3v) is 4.61. The monoisotopic (exact) mass is 282 g/mol. The SMILES string of the molecule is N#Cc1cc(N)ccc1OCC1CSc2ccccc21. The Balaban J connectivity index is 1.74. The second kappa shape index (κ2) is 5.48. The van der Waals surface area contributed by atoms with Crippen LogP contribution in [0.15, 0.2) is 47.4 Å². The molecule has 0 saturated heterocycles. The smallest absolute Gasteiger partial charge is 0.137 e. The van der Waals surface area contributed by atoms with Gasteiger partial charge in [0.15, 0.2) is 0 Å². The Morgan fingerprint density at radius 2 is 2.15 bits per heavy atom. The van der Waals surface area contributed by atoms with Gasteiger partial charge in [-0.15, -0.1) is 11.8 Å². The molecule has 0 aliphatic carbocycles. The second-order valence-electron chi connectivity index (χ2n) is 4.72. The first-order chi connectivity index (χ1) is 9.78. The van der Waals surface area contributed by atoms with Crippen LogP contribution in [0.4, 0.5) is 5.69 Å². The molecule has 0 saturated carbocycles. The maximum atomic E-state index is 9.10. The summed E-state index contributed by atoms with van der Waals surface area (Å²) in [7, 11) is 0. The van der Waals surface area contributed by atoms with E-state index >= 15 is 0 Å². The molecule has 0 aromatic heterocycles. The van der Waals surface area contributed by atoms with Crippen LogP contribution in [-0.4, -0.2) is 12.4 Å². The molecule has 2 N–H and O–H groups in total. The highest BCUT2D eigenvalue weighted by Crippen LogP contribution is 2.39. The Morgan fingerprint density at radius 3 is 3.00 bits per heavy atom. The van der Waals surface area contributed by atoms with E-state index in [0.29, 0.717) is 29.5 Å². The van der Waals surface area contributed by atoms with Gasteiger partial charge in [0, 0.05) is 22.3 Å². The molecular weight excluding hydrogens is 268 g/mol. The minimum absolute atomic E-state index is 0.375. The molecule has 0 amide bonds. The summed E-state index contributed by atoms with van der Waals surface area (Å²) in [6.07, 6.45) is 0. The van der Waals surface area contributed by atoms with E-state index in [1.807, 2.05) is 11.8 Å². The van der Waals surface area contributed by atoms with Crippen LogP contribution in [0.25, 0.3) is 0 Å². The molecule has 4 heteroatoms. The standard InChI is InChI=1S/C16H14N2OS/c17-8-11-7-13(18)5-6-15(11)19-9-12-10-20-16-4-2-1-3-14(12)16/h1-7,12H,9-10,18H2. The summed E-state index contributed by atoms with van der Waals surface area (Å²) in [5.41, 5.74) is 8.08. The van der Waals surface area contributed by atoms with Crippen molar-refractivity contribution in [3.05, 3.63) is 53.6 Å². The van der Waals surface area contributed by atoms with E-state index in [1.54, 1.807) is 18.2 Å². The molecule has 100 valence electrons. The van der Waals surface area contributed by atoms with Crippen LogP contribution in [0.5, 0.6) is 5.75 Å². The molecule has 1 aliphatic heterocycles. The van der Waals surface area contributed by atoms with Gasteiger partial charge in [0.1, 0.15) is 11.8 Å². The van der Waals surface area contributed by atoms with Crippen LogP contribution in [-0.2, 0) is 0 Å². The molecule has 1 unspecified atom stereocenters. The molecule has 20 heavy (non-hydrogen) atoms. The van der Waals surface area contributed by atoms with E-state index in [9.17, 15) is 0 Å². The van der Waals surface area contributed by atoms with Crippen LogP contribution in [0.1, 0.15) is 17.0 Å². The van der Waals surface area contributed by atoms with E-state index in [2.05, 4.69) is 30.3 Å². The molecule has 0 fully saturated rings. The van der Waals surface area contributed by atoms with Gasteiger partial charge < -0.3 is 10.5 Å². The van der Waals surface area contributed by atoms with Crippen molar-refractivity contribution in [3.63, 3.8) is 0 Å². The first-order valence-corrected chi connectivity index (χ1v) is 7.40. The number of nitrogens with zero attached hydrogens (tertiary/aromatic N) is 1. The van der Waals surface area contributed by atoms with Crippen molar-refractivity contribution >= 4 is 17.4 Å². The minimum Gasteiger partial charge on any atom is -0.492 e. The fourth-order valence-electron chi connectivity index (χ4n) is 2.32. The second-order valence-corrected chi connectivity index (χ2v) is 5.79. The molecule has 2 aromatic carbocycles. The highest BCUT2D eigenvalue weighted by molar-refractivity contribution is 7.99. The number of anilines is 1. The zero-order valence-electron chi connectivity index (χ0n) is 10.9. The zero-order chi connectivity index (χ0) is 13.9. The molecule has 2 aromatic rings. The zero-order valence-corrected chi connectivity index (χ0v) is 11.7. The summed E-state index contributed by atoms with van der Waals surface area (Å²) in [5, 5.41) is 9.10. The normalized spacial score (nSPS) is 16.4. The Kier molecular flexibility index (Phi) is 3.53. The van der Waals surface area contributed by atoms with Crippen LogP contribution in [0.2, 0.25) is 0 Å². The summed E-state index contributed by atoms with van der Waals surface area (Å²) >= 11 is 1.86. The van der Waals surface area contributed by atoms with Gasteiger partial charge in [-0.1, -0.05) is 18.2 Å². The van der Waals surface area contributed by atoms with Gasteiger partial charge in [0.05, 0.1) is 12.2 Å². The lowest BCUT2D eigenvalue weighted by atomic mass is 10.0. The first kappa shape index (κ1) is 12.9. The van der Waals surface area contributed by atoms with Crippen LogP contribution in [0.3, 0.4) is 0 Å². The van der Waals surface area contributed by atoms with Crippen LogP contribution >= 0.6 is 11.8 Å². The molecule has 0 radical (unpaired) electrons. The lowest BCUT2D eigenvalue weighted by molar-refractivity contribution is 0.297. The topological polar surface area (TPSA) is 59.0 Å². The summed E-state index contributed by atoms with van der Waals surface area (Å²) in [6.45, 7) is 0.586. The number of benzene rings is 2. The number of hydrogen-bond acceptors (Lipinski definition) is 4. The number of ether oxygens (including phenoxy) is 1. The van der Waals surface area contributed by atoms with Crippen molar-refractivity contribution in [2.24, 2.45) is 0 Å². The molecule has 1 atom stereocenters. The molecular formula is C16H14N2OS. The predicted octanol–water partition coefficient (Wildman–Crippen LogP) is 3.41. The Bertz CT molecular complexity index is 678. The molecule has 1 aliphatic rings. The van der Waals surface area contributed by atoms with E-state index < -0.39 is 0 Å². The average Bonchev–Trinajstić information content (AvgIpc) is 2.89. The first-order valence-electron chi connectivity index (χ1n) is 6.42. The fourth-order valence-corrected chi connectivity index (χ4v) is 3.55. The fraction of sp³-hybridized carbons (Fsp3) is 0.188. The maximum Gasteiger partial charge on any atom is 0.137 e. The molecule has 0 spiro atoms. The van der Waals surface area contributed by atoms with E-state index in [0.717, 1.165) is 5.75 Å². The quantitative estimate of drug-likeness (QED) is 0.876. The lowest BCUT2D eigenvalue weighted by Crippen LogP contribution is -2.10. The molecule has 1 heterocycles. The molecule has 3 rings (SSSR count). The number of nitriles is 1. The number of nitrogen functional groups attached to an aromatic ring is 1. The van der Waals surface area contributed by atoms with Crippen molar-refractivity contribution in [1.82, 2.24) is 0 Å². The van der Waals surface area contributed by atoms with E-state index in [-0.39, 0.29) is 0 Å². The largest absolute Gasteiger partial charge is 0.492 e. The number of hydrogen-bond donors (Lipinski definition) is 1. The summed E-state index contributed by atoms with van der Waals surface area (Å²) in [4.78, 5) is 1.33. The predicted molar refractivity (Wildman–Crippen MR) is 81.0 cm³/mol. The number of nitrogens with two attached hydrogens (primary N) is 1. The van der Waals surface area contributed by atoms with E-state index in [1.165, 1.54) is 10.5 Å². The van der Waals surface area contributed by atoms with E-state index in [4.69, 9.17) is 15.7 Å². The van der Waals surface area contributed by atoms with Crippen LogP contribution < -0.4 is 10.5 Å². The highest BCUT2D eigenvalue weighted by atomic mass is 32.2. The number of rotatable bonds is 3. The Hall–Kier alpha value is -2.12. The number of thioether (sulfide) groups is 1. The van der Waals surface area contributed by atoms with Gasteiger partial charge in [0.2, 0.25) is 0 Å². The van der Waals surface area contributed by atoms with Gasteiger partial charge in [-0.2, -0.15) is 5.26 Å². The van der Waals surface area contributed by atoms with Gasteiger partial charge in [-0.25, -0.2) is 0 Å².